The summed E-state index contributed by atoms with van der Waals surface area (Å²) in [6.07, 6.45) is 0. The second kappa shape index (κ2) is 5.80. The van der Waals surface area contributed by atoms with Gasteiger partial charge in [0.05, 0.1) is 0 Å². The van der Waals surface area contributed by atoms with E-state index in [9.17, 15) is 0 Å². The van der Waals surface area contributed by atoms with E-state index in [4.69, 9.17) is 0 Å². The Morgan fingerprint density at radius 2 is 1.55 bits per heavy atom. The van der Waals surface area contributed by atoms with Crippen LogP contribution in [0.25, 0.3) is 0 Å². The summed E-state index contributed by atoms with van der Waals surface area (Å²) in [6, 6.07) is 17.8. The van der Waals surface area contributed by atoms with Crippen molar-refractivity contribution >= 4 is 0 Å². The molecular weight excluding hydrogens is 242 g/mol. The topological polar surface area (TPSA) is 12.0 Å². The summed E-state index contributed by atoms with van der Waals surface area (Å²) in [6.45, 7) is 8.95. The Hall–Kier alpha value is -1.60. The van der Waals surface area contributed by atoms with E-state index in [2.05, 4.69) is 81.5 Å². The Bertz CT molecular complexity index is 570. The van der Waals surface area contributed by atoms with E-state index in [1.165, 1.54) is 22.3 Å². The van der Waals surface area contributed by atoms with Crippen LogP contribution in [0.15, 0.2) is 48.5 Å². The number of rotatable bonds is 4. The van der Waals surface area contributed by atoms with Gasteiger partial charge in [-0.15, -0.1) is 0 Å². The van der Waals surface area contributed by atoms with Crippen molar-refractivity contribution in [2.45, 2.75) is 39.2 Å². The molecule has 0 amide bonds. The van der Waals surface area contributed by atoms with Gasteiger partial charge >= 0.3 is 0 Å². The van der Waals surface area contributed by atoms with E-state index >= 15 is 0 Å². The predicted octanol–water partition coefficient (Wildman–Crippen LogP) is 4.54. The fourth-order valence-corrected chi connectivity index (χ4v) is 2.92. The maximum atomic E-state index is 3.50. The van der Waals surface area contributed by atoms with Crippen LogP contribution >= 0.6 is 0 Å². The highest BCUT2D eigenvalue weighted by Gasteiger charge is 2.31. The summed E-state index contributed by atoms with van der Waals surface area (Å²) in [4.78, 5) is 0. The van der Waals surface area contributed by atoms with E-state index in [-0.39, 0.29) is 5.41 Å². The Morgan fingerprint density at radius 1 is 0.900 bits per heavy atom. The maximum absolute atomic E-state index is 3.50. The van der Waals surface area contributed by atoms with Gasteiger partial charge in [-0.1, -0.05) is 62.4 Å². The Labute approximate surface area is 123 Å². The zero-order valence-corrected chi connectivity index (χ0v) is 13.2. The van der Waals surface area contributed by atoms with Gasteiger partial charge in [0.2, 0.25) is 0 Å². The molecule has 0 aliphatic heterocycles. The van der Waals surface area contributed by atoms with Gasteiger partial charge in [0.1, 0.15) is 0 Å². The first-order chi connectivity index (χ1) is 9.46. The molecular formula is C19H25N. The van der Waals surface area contributed by atoms with Gasteiger partial charge in [0.25, 0.3) is 0 Å². The van der Waals surface area contributed by atoms with Crippen LogP contribution in [0.2, 0.25) is 0 Å². The number of hydrogen-bond donors (Lipinski definition) is 1. The molecule has 1 N–H and O–H groups in total. The molecule has 0 radical (unpaired) electrons. The van der Waals surface area contributed by atoms with Crippen molar-refractivity contribution < 1.29 is 0 Å². The second-order valence-electron chi connectivity index (χ2n) is 6.15. The quantitative estimate of drug-likeness (QED) is 0.857. The van der Waals surface area contributed by atoms with Gasteiger partial charge in [-0.2, -0.15) is 0 Å². The van der Waals surface area contributed by atoms with Gasteiger partial charge in [0.15, 0.2) is 0 Å². The average molecular weight is 267 g/mol. The number of benzene rings is 2. The highest BCUT2D eigenvalue weighted by molar-refractivity contribution is 5.36. The van der Waals surface area contributed by atoms with Crippen molar-refractivity contribution in [3.8, 4) is 0 Å². The lowest BCUT2D eigenvalue weighted by molar-refractivity contribution is 0.368. The lowest BCUT2D eigenvalue weighted by atomic mass is 9.74. The minimum Gasteiger partial charge on any atom is -0.312 e. The Balaban J connectivity index is 2.43. The molecule has 2 aromatic carbocycles. The molecule has 1 unspecified atom stereocenters. The zero-order chi connectivity index (χ0) is 14.8. The SMILES string of the molecule is CNC(c1ccc(C)c(C)c1)C(C)(C)c1ccccc1. The largest absolute Gasteiger partial charge is 0.312 e. The molecule has 2 rings (SSSR count). The third kappa shape index (κ3) is 2.78. The highest BCUT2D eigenvalue weighted by Crippen LogP contribution is 2.37. The number of aryl methyl sites for hydroxylation is 2. The second-order valence-corrected chi connectivity index (χ2v) is 6.15. The summed E-state index contributed by atoms with van der Waals surface area (Å²) in [5.41, 5.74) is 5.45. The molecule has 2 aromatic rings. The van der Waals surface area contributed by atoms with Crippen molar-refractivity contribution in [3.63, 3.8) is 0 Å². The minimum absolute atomic E-state index is 0.0394. The first kappa shape index (κ1) is 14.8. The molecule has 106 valence electrons. The van der Waals surface area contributed by atoms with Crippen LogP contribution in [0.3, 0.4) is 0 Å². The highest BCUT2D eigenvalue weighted by atomic mass is 14.9. The van der Waals surface area contributed by atoms with Crippen LogP contribution in [-0.4, -0.2) is 7.05 Å². The fourth-order valence-electron chi connectivity index (χ4n) is 2.92. The number of hydrogen-bond acceptors (Lipinski definition) is 1. The number of nitrogens with one attached hydrogen (secondary N) is 1. The molecule has 0 saturated carbocycles. The zero-order valence-electron chi connectivity index (χ0n) is 13.2. The van der Waals surface area contributed by atoms with Crippen molar-refractivity contribution in [1.29, 1.82) is 0 Å². The van der Waals surface area contributed by atoms with Gasteiger partial charge in [-0.3, -0.25) is 0 Å². The van der Waals surface area contributed by atoms with E-state index in [0.29, 0.717) is 6.04 Å². The van der Waals surface area contributed by atoms with Crippen molar-refractivity contribution in [3.05, 3.63) is 70.8 Å². The predicted molar refractivity (Wildman–Crippen MR) is 87.2 cm³/mol. The molecule has 0 saturated heterocycles. The first-order valence-electron chi connectivity index (χ1n) is 7.26. The summed E-state index contributed by atoms with van der Waals surface area (Å²) in [5, 5.41) is 3.50. The van der Waals surface area contributed by atoms with Crippen LogP contribution in [-0.2, 0) is 5.41 Å². The molecule has 0 fully saturated rings. The summed E-state index contributed by atoms with van der Waals surface area (Å²) >= 11 is 0. The van der Waals surface area contributed by atoms with Gasteiger partial charge in [-0.25, -0.2) is 0 Å². The Kier molecular flexibility index (Phi) is 4.29. The summed E-state index contributed by atoms with van der Waals surface area (Å²) < 4.78 is 0. The smallest absolute Gasteiger partial charge is 0.0410 e. The Morgan fingerprint density at radius 3 is 2.10 bits per heavy atom. The lowest BCUT2D eigenvalue weighted by Crippen LogP contribution is -2.35. The standard InChI is InChI=1S/C19H25N/c1-14-11-12-16(13-15(14)2)18(20-5)19(3,4)17-9-7-6-8-10-17/h6-13,18,20H,1-5H3. The van der Waals surface area contributed by atoms with Crippen LogP contribution in [0.5, 0.6) is 0 Å². The third-order valence-electron chi connectivity index (χ3n) is 4.39. The van der Waals surface area contributed by atoms with Gasteiger partial charge < -0.3 is 5.32 Å². The van der Waals surface area contributed by atoms with Gasteiger partial charge in [-0.05, 0) is 43.1 Å². The molecule has 1 heteroatoms. The summed E-state index contributed by atoms with van der Waals surface area (Å²) in [7, 11) is 2.05. The average Bonchev–Trinajstić information content (AvgIpc) is 2.44. The van der Waals surface area contributed by atoms with E-state index in [0.717, 1.165) is 0 Å². The van der Waals surface area contributed by atoms with Crippen molar-refractivity contribution in [2.24, 2.45) is 0 Å². The monoisotopic (exact) mass is 267 g/mol. The number of likely N-dealkylation sites (N-methyl/N-ethyl adjacent to an activating group) is 1. The van der Waals surface area contributed by atoms with E-state index < -0.39 is 0 Å². The van der Waals surface area contributed by atoms with Crippen LogP contribution in [0.4, 0.5) is 0 Å². The maximum Gasteiger partial charge on any atom is 0.0410 e. The minimum atomic E-state index is 0.0394. The van der Waals surface area contributed by atoms with Gasteiger partial charge in [0, 0.05) is 11.5 Å². The lowest BCUT2D eigenvalue weighted by Gasteiger charge is -2.35. The van der Waals surface area contributed by atoms with Crippen molar-refractivity contribution in [2.75, 3.05) is 7.05 Å². The summed E-state index contributed by atoms with van der Waals surface area (Å²) in [5.74, 6) is 0. The normalized spacial score (nSPS) is 13.2. The fraction of sp³-hybridized carbons (Fsp3) is 0.368. The molecule has 0 spiro atoms. The van der Waals surface area contributed by atoms with Crippen LogP contribution < -0.4 is 5.32 Å². The molecule has 0 aliphatic rings. The molecule has 0 aliphatic carbocycles. The molecule has 0 aromatic heterocycles. The first-order valence-corrected chi connectivity index (χ1v) is 7.26. The van der Waals surface area contributed by atoms with Crippen LogP contribution in [0.1, 0.15) is 42.1 Å². The van der Waals surface area contributed by atoms with E-state index in [1.54, 1.807) is 0 Å². The molecule has 0 bridgehead atoms. The van der Waals surface area contributed by atoms with E-state index in [1.807, 2.05) is 7.05 Å². The molecule has 1 nitrogen and oxygen atoms in total. The molecule has 1 atom stereocenters. The third-order valence-corrected chi connectivity index (χ3v) is 4.39. The molecule has 0 heterocycles. The van der Waals surface area contributed by atoms with Crippen molar-refractivity contribution in [1.82, 2.24) is 5.32 Å². The van der Waals surface area contributed by atoms with Crippen LogP contribution in [0, 0.1) is 13.8 Å². The molecule has 20 heavy (non-hydrogen) atoms.